The van der Waals surface area contributed by atoms with E-state index in [-0.39, 0.29) is 29.7 Å². The Morgan fingerprint density at radius 2 is 2.12 bits per heavy atom. The van der Waals surface area contributed by atoms with Crippen molar-refractivity contribution in [3.63, 3.8) is 0 Å². The van der Waals surface area contributed by atoms with Gasteiger partial charge in [0.05, 0.1) is 5.41 Å². The van der Waals surface area contributed by atoms with Crippen molar-refractivity contribution in [1.82, 2.24) is 19.6 Å². The summed E-state index contributed by atoms with van der Waals surface area (Å²) in [5.41, 5.74) is 0.620. The summed E-state index contributed by atoms with van der Waals surface area (Å²) < 4.78 is 2.03. The summed E-state index contributed by atoms with van der Waals surface area (Å²) in [6.07, 6.45) is 5.69. The molecule has 3 aliphatic rings. The predicted molar refractivity (Wildman–Crippen MR) is 94.0 cm³/mol. The third-order valence-corrected chi connectivity index (χ3v) is 6.22. The first-order valence-electron chi connectivity index (χ1n) is 9.52. The van der Waals surface area contributed by atoms with E-state index in [1.165, 1.54) is 0 Å². The molecule has 0 N–H and O–H groups in total. The number of hydrogen-bond acceptors (Lipinski definition) is 3. The number of likely N-dealkylation sites (tertiary alicyclic amines) is 2. The van der Waals surface area contributed by atoms with E-state index in [1.54, 1.807) is 0 Å². The summed E-state index contributed by atoms with van der Waals surface area (Å²) >= 11 is 0. The first-order valence-corrected chi connectivity index (χ1v) is 9.52. The van der Waals surface area contributed by atoms with E-state index >= 15 is 0 Å². The van der Waals surface area contributed by atoms with Crippen molar-refractivity contribution in [2.75, 3.05) is 26.7 Å². The fourth-order valence-electron chi connectivity index (χ4n) is 4.77. The number of hydrogen-bond donors (Lipinski definition) is 0. The Hall–Kier alpha value is -1.85. The molecule has 0 radical (unpaired) electrons. The normalized spacial score (nSPS) is 29.9. The van der Waals surface area contributed by atoms with E-state index in [9.17, 15) is 9.59 Å². The van der Waals surface area contributed by atoms with Crippen LogP contribution in [0.4, 0.5) is 0 Å². The lowest BCUT2D eigenvalue weighted by atomic mass is 9.70. The summed E-state index contributed by atoms with van der Waals surface area (Å²) in [4.78, 5) is 29.8. The Bertz CT molecular complexity index is 693. The fourth-order valence-corrected chi connectivity index (χ4v) is 4.77. The molecule has 1 aromatic rings. The van der Waals surface area contributed by atoms with Crippen LogP contribution in [0.1, 0.15) is 57.2 Å². The van der Waals surface area contributed by atoms with Gasteiger partial charge >= 0.3 is 0 Å². The van der Waals surface area contributed by atoms with Crippen LogP contribution in [0, 0.1) is 11.3 Å². The quantitative estimate of drug-likeness (QED) is 0.843. The van der Waals surface area contributed by atoms with Crippen molar-refractivity contribution < 1.29 is 9.59 Å². The highest BCUT2D eigenvalue weighted by atomic mass is 16.2. The van der Waals surface area contributed by atoms with Gasteiger partial charge in [0.25, 0.3) is 0 Å². The zero-order valence-corrected chi connectivity index (χ0v) is 15.4. The van der Waals surface area contributed by atoms with E-state index in [2.05, 4.69) is 18.9 Å². The van der Waals surface area contributed by atoms with Gasteiger partial charge in [0, 0.05) is 56.5 Å². The second-order valence-corrected chi connectivity index (χ2v) is 8.33. The number of carbonyl (C=O) groups is 2. The molecule has 2 aliphatic heterocycles. The molecule has 1 aliphatic carbocycles. The maximum atomic E-state index is 13.2. The van der Waals surface area contributed by atoms with Crippen LogP contribution in [-0.2, 0) is 9.59 Å². The van der Waals surface area contributed by atoms with Crippen LogP contribution in [0.25, 0.3) is 0 Å². The number of carbonyl (C=O) groups excluding carboxylic acids is 2. The van der Waals surface area contributed by atoms with Gasteiger partial charge in [-0.2, -0.15) is 5.10 Å². The molecule has 6 heteroatoms. The summed E-state index contributed by atoms with van der Waals surface area (Å²) in [5.74, 6) is 0.683. The topological polar surface area (TPSA) is 58.4 Å². The van der Waals surface area contributed by atoms with Crippen LogP contribution in [-0.4, -0.2) is 58.1 Å². The van der Waals surface area contributed by atoms with Crippen LogP contribution >= 0.6 is 0 Å². The second-order valence-electron chi connectivity index (χ2n) is 8.33. The van der Waals surface area contributed by atoms with E-state index < -0.39 is 5.41 Å². The van der Waals surface area contributed by atoms with Crippen molar-refractivity contribution in [1.29, 1.82) is 0 Å². The average Bonchev–Trinajstić information content (AvgIpc) is 3.19. The Labute approximate surface area is 149 Å². The highest BCUT2D eigenvalue weighted by Crippen LogP contribution is 2.50. The molecule has 0 bridgehead atoms. The molecule has 6 nitrogen and oxygen atoms in total. The largest absolute Gasteiger partial charge is 0.345 e. The smallest absolute Gasteiger partial charge is 0.231 e. The van der Waals surface area contributed by atoms with Gasteiger partial charge in [-0.25, -0.2) is 0 Å². The van der Waals surface area contributed by atoms with Gasteiger partial charge in [-0.15, -0.1) is 0 Å². The third kappa shape index (κ3) is 2.57. The molecule has 2 saturated heterocycles. The van der Waals surface area contributed by atoms with Crippen LogP contribution in [0.5, 0.6) is 0 Å². The zero-order valence-electron chi connectivity index (χ0n) is 15.4. The first kappa shape index (κ1) is 16.6. The summed E-state index contributed by atoms with van der Waals surface area (Å²) in [7, 11) is 1.89. The van der Waals surface area contributed by atoms with E-state index in [1.807, 2.05) is 33.8 Å². The molecule has 2 amide bonds. The monoisotopic (exact) mass is 344 g/mol. The lowest BCUT2D eigenvalue weighted by Crippen LogP contribution is -2.51. The van der Waals surface area contributed by atoms with Crippen LogP contribution in [0.15, 0.2) is 12.3 Å². The Kier molecular flexibility index (Phi) is 3.89. The number of aromatic nitrogens is 2. The molecule has 3 fully saturated rings. The average molecular weight is 344 g/mol. The molecule has 0 aromatic carbocycles. The highest BCUT2D eigenvalue weighted by molar-refractivity contribution is 5.88. The van der Waals surface area contributed by atoms with Gasteiger partial charge in [-0.3, -0.25) is 14.3 Å². The van der Waals surface area contributed by atoms with E-state index in [0.29, 0.717) is 13.1 Å². The number of amides is 2. The Morgan fingerprint density at radius 3 is 2.80 bits per heavy atom. The van der Waals surface area contributed by atoms with E-state index in [0.717, 1.165) is 37.9 Å². The first-order chi connectivity index (χ1) is 11.9. The van der Waals surface area contributed by atoms with Gasteiger partial charge in [0.15, 0.2) is 0 Å². The molecule has 1 saturated carbocycles. The molecule has 3 heterocycles. The summed E-state index contributed by atoms with van der Waals surface area (Å²) in [5, 5.41) is 4.49. The Balaban J connectivity index is 1.74. The van der Waals surface area contributed by atoms with Crippen molar-refractivity contribution in [3.8, 4) is 0 Å². The molecule has 1 spiro atoms. The minimum absolute atomic E-state index is 0.0374. The fraction of sp³-hybridized carbons (Fsp3) is 0.737. The van der Waals surface area contributed by atoms with Crippen LogP contribution in [0.2, 0.25) is 0 Å². The molecule has 0 unspecified atom stereocenters. The number of rotatable bonds is 3. The summed E-state index contributed by atoms with van der Waals surface area (Å²) in [6.45, 7) is 6.25. The van der Waals surface area contributed by atoms with Gasteiger partial charge in [-0.05, 0) is 45.6 Å². The molecule has 4 rings (SSSR count). The molecular formula is C19H28N4O2. The number of nitrogens with zero attached hydrogens (tertiary/aromatic N) is 4. The molecule has 25 heavy (non-hydrogen) atoms. The summed E-state index contributed by atoms with van der Waals surface area (Å²) in [6, 6.07) is 2.28. The lowest BCUT2D eigenvalue weighted by molar-refractivity contribution is -0.145. The maximum Gasteiger partial charge on any atom is 0.231 e. The van der Waals surface area contributed by atoms with Crippen LogP contribution < -0.4 is 0 Å². The van der Waals surface area contributed by atoms with Gasteiger partial charge < -0.3 is 9.80 Å². The second kappa shape index (κ2) is 5.85. The molecule has 1 aromatic heterocycles. The lowest BCUT2D eigenvalue weighted by Gasteiger charge is -2.41. The maximum absolute atomic E-state index is 13.2. The van der Waals surface area contributed by atoms with Gasteiger partial charge in [-0.1, -0.05) is 0 Å². The zero-order chi connectivity index (χ0) is 17.8. The molecule has 136 valence electrons. The SMILES string of the molecule is CC(C)n1nccc1[C@@H]1CN(C(=O)C2CC2)C[C@]12CCCN(C)C2=O. The van der Waals surface area contributed by atoms with Crippen molar-refractivity contribution >= 4 is 11.8 Å². The minimum atomic E-state index is -0.482. The van der Waals surface area contributed by atoms with Gasteiger partial charge in [0.1, 0.15) is 0 Å². The standard InChI is InChI=1S/C19H28N4O2/c1-13(2)23-16(7-9-20-23)15-11-22(17(24)14-5-6-14)12-19(15)8-4-10-21(3)18(19)25/h7,9,13-15H,4-6,8,10-12H2,1-3H3/t15-,19+/m0/s1. The highest BCUT2D eigenvalue weighted by Gasteiger charge is 2.57. The number of piperidine rings is 1. The minimum Gasteiger partial charge on any atom is -0.345 e. The van der Waals surface area contributed by atoms with Crippen molar-refractivity contribution in [2.24, 2.45) is 11.3 Å². The van der Waals surface area contributed by atoms with E-state index in [4.69, 9.17) is 0 Å². The Morgan fingerprint density at radius 1 is 1.36 bits per heavy atom. The van der Waals surface area contributed by atoms with Gasteiger partial charge in [0.2, 0.25) is 11.8 Å². The van der Waals surface area contributed by atoms with Crippen molar-refractivity contribution in [3.05, 3.63) is 18.0 Å². The van der Waals surface area contributed by atoms with Crippen LogP contribution in [0.3, 0.4) is 0 Å². The van der Waals surface area contributed by atoms with Crippen molar-refractivity contribution in [2.45, 2.75) is 51.5 Å². The predicted octanol–water partition coefficient (Wildman–Crippen LogP) is 2.04. The molecular weight excluding hydrogens is 316 g/mol. The third-order valence-electron chi connectivity index (χ3n) is 6.22. The molecule has 2 atom stereocenters.